The fourth-order valence-corrected chi connectivity index (χ4v) is 1.78. The van der Waals surface area contributed by atoms with Gasteiger partial charge in [-0.2, -0.15) is 0 Å². The molecular weight excluding hydrogens is 278 g/mol. The molecule has 0 fully saturated rings. The van der Waals surface area contributed by atoms with Crippen LogP contribution in [0.1, 0.15) is 6.92 Å². The highest BCUT2D eigenvalue weighted by molar-refractivity contribution is 5.81. The van der Waals surface area contributed by atoms with Crippen molar-refractivity contribution in [2.24, 2.45) is 0 Å². The molecule has 2 aromatic carbocycles. The van der Waals surface area contributed by atoms with Gasteiger partial charge in [0.15, 0.2) is 5.58 Å². The Kier molecular flexibility index (Phi) is 5.49. The lowest BCUT2D eigenvalue weighted by atomic mass is 10.2. The molecule has 0 N–H and O–H groups in total. The fraction of sp³-hybridized carbons (Fsp3) is 0.111. The first-order chi connectivity index (χ1) is 10.7. The highest BCUT2D eigenvalue weighted by Crippen LogP contribution is 2.23. The van der Waals surface area contributed by atoms with E-state index in [0.717, 1.165) is 22.7 Å². The maximum atomic E-state index is 10.1. The second-order valence-electron chi connectivity index (χ2n) is 4.31. The van der Waals surface area contributed by atoms with Gasteiger partial charge in [0.2, 0.25) is 5.89 Å². The highest BCUT2D eigenvalue weighted by atomic mass is 16.5. The number of para-hydroxylation sites is 2. The molecule has 1 heterocycles. The summed E-state index contributed by atoms with van der Waals surface area (Å²) in [6, 6.07) is 17.7. The number of aromatic nitrogens is 1. The van der Waals surface area contributed by atoms with Crippen LogP contribution in [-0.4, -0.2) is 17.6 Å². The lowest BCUT2D eigenvalue weighted by Gasteiger charge is -1.91. The van der Waals surface area contributed by atoms with Crippen molar-refractivity contribution in [1.29, 1.82) is 0 Å². The van der Waals surface area contributed by atoms with Crippen LogP contribution in [0.2, 0.25) is 0 Å². The number of oxazole rings is 1. The number of hydrogen-bond donors (Lipinski definition) is 0. The Balaban J connectivity index is 0.000000217. The topological polar surface area (TPSA) is 52.3 Å². The number of hydrogen-bond acceptors (Lipinski definition) is 4. The van der Waals surface area contributed by atoms with Crippen LogP contribution in [0.5, 0.6) is 0 Å². The van der Waals surface area contributed by atoms with Gasteiger partial charge in [-0.25, -0.2) is 9.78 Å². The molecule has 0 aliphatic rings. The van der Waals surface area contributed by atoms with Gasteiger partial charge < -0.3 is 9.15 Å². The average Bonchev–Trinajstić information content (AvgIpc) is 3.00. The van der Waals surface area contributed by atoms with Crippen molar-refractivity contribution < 1.29 is 13.9 Å². The molecule has 112 valence electrons. The number of fused-ring (bicyclic) bond motifs is 1. The first kappa shape index (κ1) is 15.5. The molecule has 0 saturated heterocycles. The van der Waals surface area contributed by atoms with Crippen LogP contribution in [0, 0.1) is 0 Å². The lowest BCUT2D eigenvalue weighted by molar-refractivity contribution is -0.137. The van der Waals surface area contributed by atoms with Crippen LogP contribution >= 0.6 is 0 Å². The van der Waals surface area contributed by atoms with E-state index in [4.69, 9.17) is 4.42 Å². The molecule has 4 nitrogen and oxygen atoms in total. The molecule has 0 spiro atoms. The summed E-state index contributed by atoms with van der Waals surface area (Å²) in [5, 5.41) is 0. The monoisotopic (exact) mass is 295 g/mol. The van der Waals surface area contributed by atoms with Gasteiger partial charge in [0.1, 0.15) is 5.52 Å². The molecule has 0 aliphatic heterocycles. The first-order valence-electron chi connectivity index (χ1n) is 6.94. The molecule has 4 heteroatoms. The van der Waals surface area contributed by atoms with E-state index in [1.165, 1.54) is 0 Å². The predicted octanol–water partition coefficient (Wildman–Crippen LogP) is 4.23. The van der Waals surface area contributed by atoms with E-state index >= 15 is 0 Å². The van der Waals surface area contributed by atoms with Gasteiger partial charge in [0.05, 0.1) is 6.61 Å². The first-order valence-corrected chi connectivity index (χ1v) is 6.94. The molecule has 0 saturated carbocycles. The normalized spacial score (nSPS) is 9.68. The Bertz CT molecular complexity index is 714. The van der Waals surface area contributed by atoms with Crippen molar-refractivity contribution in [2.75, 3.05) is 6.61 Å². The molecule has 0 bridgehead atoms. The van der Waals surface area contributed by atoms with Crippen molar-refractivity contribution >= 4 is 17.1 Å². The minimum absolute atomic E-state index is 0.359. The number of ether oxygens (including phenoxy) is 1. The summed E-state index contributed by atoms with van der Waals surface area (Å²) in [4.78, 5) is 14.5. The van der Waals surface area contributed by atoms with E-state index in [0.29, 0.717) is 12.5 Å². The van der Waals surface area contributed by atoms with Crippen LogP contribution in [0.4, 0.5) is 0 Å². The quantitative estimate of drug-likeness (QED) is 0.536. The zero-order valence-electron chi connectivity index (χ0n) is 12.4. The predicted molar refractivity (Wildman–Crippen MR) is 86.3 cm³/mol. The molecule has 0 atom stereocenters. The average molecular weight is 295 g/mol. The Morgan fingerprint density at radius 2 is 1.86 bits per heavy atom. The van der Waals surface area contributed by atoms with Gasteiger partial charge in [-0.3, -0.25) is 0 Å². The molecule has 0 radical (unpaired) electrons. The maximum Gasteiger partial charge on any atom is 0.330 e. The zero-order valence-corrected chi connectivity index (χ0v) is 12.4. The van der Waals surface area contributed by atoms with Crippen LogP contribution in [0.25, 0.3) is 22.6 Å². The van der Waals surface area contributed by atoms with Gasteiger partial charge in [-0.05, 0) is 31.2 Å². The van der Waals surface area contributed by atoms with Gasteiger partial charge >= 0.3 is 5.97 Å². The van der Waals surface area contributed by atoms with Crippen molar-refractivity contribution in [1.82, 2.24) is 4.98 Å². The van der Waals surface area contributed by atoms with Crippen molar-refractivity contribution in [2.45, 2.75) is 6.92 Å². The summed E-state index contributed by atoms with van der Waals surface area (Å²) < 4.78 is 10.1. The number of carbonyl (C=O) groups is 1. The standard InChI is InChI=1S/C13H9NO.C5H8O2/c1-2-6-10(7-3-1)13-14-11-8-4-5-9-12(11)15-13;1-3-5(6)7-4-2/h1-9H;3H,1,4H2,2H3. The second kappa shape index (κ2) is 7.78. The molecule has 0 amide bonds. The van der Waals surface area contributed by atoms with Gasteiger partial charge in [-0.15, -0.1) is 0 Å². The number of esters is 1. The third-order valence-electron chi connectivity index (χ3n) is 2.77. The largest absolute Gasteiger partial charge is 0.463 e. The molecule has 0 unspecified atom stereocenters. The zero-order chi connectivity index (χ0) is 15.8. The van der Waals surface area contributed by atoms with E-state index in [-0.39, 0.29) is 5.97 Å². The van der Waals surface area contributed by atoms with Crippen molar-refractivity contribution in [3.05, 3.63) is 67.3 Å². The Morgan fingerprint density at radius 3 is 2.45 bits per heavy atom. The number of carbonyl (C=O) groups excluding carboxylic acids is 1. The molecule has 22 heavy (non-hydrogen) atoms. The summed E-state index contributed by atoms with van der Waals surface area (Å²) in [6.07, 6.45) is 1.14. The number of benzene rings is 2. The lowest BCUT2D eigenvalue weighted by Crippen LogP contribution is -1.97. The van der Waals surface area contributed by atoms with Crippen molar-refractivity contribution in [3.8, 4) is 11.5 Å². The maximum absolute atomic E-state index is 10.1. The van der Waals surface area contributed by atoms with E-state index < -0.39 is 0 Å². The van der Waals surface area contributed by atoms with Crippen LogP contribution < -0.4 is 0 Å². The Hall–Kier alpha value is -2.88. The molecule has 3 aromatic rings. The van der Waals surface area contributed by atoms with Crippen molar-refractivity contribution in [3.63, 3.8) is 0 Å². The van der Waals surface area contributed by atoms with Gasteiger partial charge in [-0.1, -0.05) is 36.9 Å². The summed E-state index contributed by atoms with van der Waals surface area (Å²) in [5.74, 6) is 0.319. The van der Waals surface area contributed by atoms with Gasteiger partial charge in [0.25, 0.3) is 0 Å². The fourth-order valence-electron chi connectivity index (χ4n) is 1.78. The number of nitrogens with zero attached hydrogens (tertiary/aromatic N) is 1. The summed E-state index contributed by atoms with van der Waals surface area (Å²) >= 11 is 0. The van der Waals surface area contributed by atoms with E-state index in [1.807, 2.05) is 54.6 Å². The third-order valence-corrected chi connectivity index (χ3v) is 2.77. The molecule has 3 rings (SSSR count). The number of rotatable bonds is 3. The highest BCUT2D eigenvalue weighted by Gasteiger charge is 2.05. The second-order valence-corrected chi connectivity index (χ2v) is 4.31. The van der Waals surface area contributed by atoms with E-state index in [9.17, 15) is 4.79 Å². The smallest absolute Gasteiger partial charge is 0.330 e. The minimum Gasteiger partial charge on any atom is -0.463 e. The third kappa shape index (κ3) is 4.06. The van der Waals surface area contributed by atoms with Crippen LogP contribution in [0.3, 0.4) is 0 Å². The van der Waals surface area contributed by atoms with Gasteiger partial charge in [0, 0.05) is 11.6 Å². The van der Waals surface area contributed by atoms with Crippen LogP contribution in [0.15, 0.2) is 71.7 Å². The Labute approximate surface area is 129 Å². The van der Waals surface area contributed by atoms with E-state index in [1.54, 1.807) is 6.92 Å². The van der Waals surface area contributed by atoms with E-state index in [2.05, 4.69) is 16.3 Å². The summed E-state index contributed by atoms with van der Waals surface area (Å²) in [6.45, 7) is 5.38. The van der Waals surface area contributed by atoms with Crippen LogP contribution in [-0.2, 0) is 9.53 Å². The molecule has 1 aromatic heterocycles. The minimum atomic E-state index is -0.359. The summed E-state index contributed by atoms with van der Waals surface area (Å²) in [5.41, 5.74) is 2.74. The Morgan fingerprint density at radius 1 is 1.18 bits per heavy atom. The SMILES string of the molecule is C=CC(=O)OCC.c1ccc(-c2nc3ccccc3o2)cc1. The molecular formula is C18H17NO3. The summed E-state index contributed by atoms with van der Waals surface area (Å²) in [7, 11) is 0. The molecule has 0 aliphatic carbocycles.